The van der Waals surface area contributed by atoms with Crippen molar-refractivity contribution in [1.82, 2.24) is 5.32 Å². The van der Waals surface area contributed by atoms with Crippen LogP contribution in [-0.2, 0) is 4.79 Å². The molecule has 0 heterocycles. The van der Waals surface area contributed by atoms with Crippen molar-refractivity contribution in [3.05, 3.63) is 64.7 Å². The Bertz CT molecular complexity index is 771. The molecule has 0 saturated heterocycles. The Morgan fingerprint density at radius 3 is 2.36 bits per heavy atom. The number of ketones is 1. The summed E-state index contributed by atoms with van der Waals surface area (Å²) in [5, 5.41) is 2.97. The average molecular weight is 360 g/mol. The first-order chi connectivity index (χ1) is 12.0. The number of carbonyl (C=O) groups is 3. The summed E-state index contributed by atoms with van der Waals surface area (Å²) in [6, 6.07) is 13.1. The van der Waals surface area contributed by atoms with Crippen molar-refractivity contribution in [2.24, 2.45) is 0 Å². The van der Waals surface area contributed by atoms with Gasteiger partial charge in [-0.15, -0.1) is 0 Å². The maximum atomic E-state index is 12.0. The lowest BCUT2D eigenvalue weighted by Gasteiger charge is -2.07. The summed E-state index contributed by atoms with van der Waals surface area (Å²) >= 11 is 5.94. The molecule has 130 valence electrons. The monoisotopic (exact) mass is 359 g/mol. The molecule has 1 amide bonds. The predicted molar refractivity (Wildman–Crippen MR) is 95.1 cm³/mol. The van der Waals surface area contributed by atoms with Crippen LogP contribution in [0, 0.1) is 0 Å². The molecule has 0 bridgehead atoms. The van der Waals surface area contributed by atoms with E-state index in [9.17, 15) is 14.4 Å². The molecular formula is C19H18ClNO4. The molecule has 0 unspecified atom stereocenters. The fourth-order valence-corrected chi connectivity index (χ4v) is 2.34. The van der Waals surface area contributed by atoms with Crippen LogP contribution in [0.25, 0.3) is 0 Å². The maximum Gasteiger partial charge on any atom is 0.312 e. The fraction of sp³-hybridized carbons (Fsp3) is 0.211. The first kappa shape index (κ1) is 18.7. The van der Waals surface area contributed by atoms with Crippen molar-refractivity contribution in [3.8, 4) is 5.75 Å². The Morgan fingerprint density at radius 1 is 1.04 bits per heavy atom. The molecule has 0 atom stereocenters. The van der Waals surface area contributed by atoms with E-state index in [0.29, 0.717) is 28.3 Å². The highest BCUT2D eigenvalue weighted by atomic mass is 35.5. The van der Waals surface area contributed by atoms with E-state index in [1.165, 1.54) is 0 Å². The van der Waals surface area contributed by atoms with Gasteiger partial charge >= 0.3 is 5.97 Å². The van der Waals surface area contributed by atoms with Crippen LogP contribution in [0.2, 0.25) is 5.02 Å². The molecule has 5 nitrogen and oxygen atoms in total. The van der Waals surface area contributed by atoms with E-state index >= 15 is 0 Å². The number of esters is 1. The van der Waals surface area contributed by atoms with Gasteiger partial charge in [-0.2, -0.15) is 0 Å². The number of Topliss-reactive ketones (excluding diaryl/α,β-unsaturated/α-hetero) is 1. The second-order valence-corrected chi connectivity index (χ2v) is 5.67. The average Bonchev–Trinajstić information content (AvgIpc) is 2.62. The second kappa shape index (κ2) is 8.99. The van der Waals surface area contributed by atoms with Gasteiger partial charge in [0.2, 0.25) is 0 Å². The van der Waals surface area contributed by atoms with Crippen molar-refractivity contribution < 1.29 is 19.1 Å². The summed E-state index contributed by atoms with van der Waals surface area (Å²) in [6.45, 7) is 1.92. The first-order valence-electron chi connectivity index (χ1n) is 7.88. The highest BCUT2D eigenvalue weighted by Gasteiger charge is 2.11. The number of halogens is 1. The summed E-state index contributed by atoms with van der Waals surface area (Å²) in [5.41, 5.74) is 0.933. The molecule has 2 rings (SSSR count). The van der Waals surface area contributed by atoms with E-state index in [-0.39, 0.29) is 24.7 Å². The molecule has 0 aliphatic rings. The van der Waals surface area contributed by atoms with E-state index in [2.05, 4.69) is 5.32 Å². The zero-order valence-corrected chi connectivity index (χ0v) is 14.5. The first-order valence-corrected chi connectivity index (χ1v) is 8.25. The number of rotatable bonds is 7. The molecule has 25 heavy (non-hydrogen) atoms. The Kier molecular flexibility index (Phi) is 6.71. The lowest BCUT2D eigenvalue weighted by atomic mass is 10.1. The molecule has 0 saturated carbocycles. The predicted octanol–water partition coefficient (Wildman–Crippen LogP) is 3.66. The molecule has 0 aliphatic heterocycles. The molecule has 0 radical (unpaired) electrons. The second-order valence-electron chi connectivity index (χ2n) is 5.26. The molecule has 0 fully saturated rings. The standard InChI is InChI=1S/C19H18ClNO4/c1-2-17(22)13-7-9-14(10-8-13)25-18(23)11-12-21-19(24)15-5-3-4-6-16(15)20/h3-10H,2,11-12H2,1H3,(H,21,24). The molecule has 0 aliphatic carbocycles. The van der Waals surface area contributed by atoms with Gasteiger partial charge in [0.25, 0.3) is 5.91 Å². The van der Waals surface area contributed by atoms with E-state index in [1.54, 1.807) is 55.5 Å². The molecule has 1 N–H and O–H groups in total. The van der Waals surface area contributed by atoms with Crippen LogP contribution >= 0.6 is 11.6 Å². The zero-order valence-electron chi connectivity index (χ0n) is 13.8. The van der Waals surface area contributed by atoms with Gasteiger partial charge in [0, 0.05) is 18.5 Å². The molecule has 0 spiro atoms. The smallest absolute Gasteiger partial charge is 0.312 e. The van der Waals surface area contributed by atoms with E-state index < -0.39 is 5.97 Å². The Labute approximate surface area is 150 Å². The highest BCUT2D eigenvalue weighted by molar-refractivity contribution is 6.33. The van der Waals surface area contributed by atoms with Crippen LogP contribution in [0.15, 0.2) is 48.5 Å². The molecular weight excluding hydrogens is 342 g/mol. The van der Waals surface area contributed by atoms with Gasteiger partial charge in [-0.05, 0) is 36.4 Å². The van der Waals surface area contributed by atoms with Crippen LogP contribution in [-0.4, -0.2) is 24.2 Å². The quantitative estimate of drug-likeness (QED) is 0.465. The minimum Gasteiger partial charge on any atom is -0.426 e. The number of ether oxygens (including phenoxy) is 1. The summed E-state index contributed by atoms with van der Waals surface area (Å²) in [5.74, 6) is -0.440. The Hall–Kier alpha value is -2.66. The summed E-state index contributed by atoms with van der Waals surface area (Å²) in [6.07, 6.45) is 0.441. The third-order valence-corrected chi connectivity index (χ3v) is 3.79. The van der Waals surface area contributed by atoms with Crippen LogP contribution in [0.5, 0.6) is 5.75 Å². The number of hydrogen-bond acceptors (Lipinski definition) is 4. The number of amides is 1. The van der Waals surface area contributed by atoms with Gasteiger partial charge in [0.1, 0.15) is 5.75 Å². The van der Waals surface area contributed by atoms with Gasteiger partial charge in [-0.1, -0.05) is 30.7 Å². The lowest BCUT2D eigenvalue weighted by molar-refractivity contribution is -0.134. The molecule has 6 heteroatoms. The number of benzene rings is 2. The van der Waals surface area contributed by atoms with Crippen molar-refractivity contribution in [2.75, 3.05) is 6.54 Å². The fourth-order valence-electron chi connectivity index (χ4n) is 2.11. The molecule has 2 aromatic rings. The third-order valence-electron chi connectivity index (χ3n) is 3.46. The van der Waals surface area contributed by atoms with Crippen molar-refractivity contribution in [3.63, 3.8) is 0 Å². The van der Waals surface area contributed by atoms with Crippen LogP contribution in [0.1, 0.15) is 40.5 Å². The summed E-state index contributed by atoms with van der Waals surface area (Å²) < 4.78 is 5.17. The van der Waals surface area contributed by atoms with E-state index in [1.807, 2.05) is 0 Å². The number of hydrogen-bond donors (Lipinski definition) is 1. The normalized spacial score (nSPS) is 10.2. The van der Waals surface area contributed by atoms with Gasteiger partial charge in [0.05, 0.1) is 17.0 Å². The SMILES string of the molecule is CCC(=O)c1ccc(OC(=O)CCNC(=O)c2ccccc2Cl)cc1. The van der Waals surface area contributed by atoms with Gasteiger partial charge in [-0.25, -0.2) is 0 Å². The summed E-state index contributed by atoms with van der Waals surface area (Å²) in [4.78, 5) is 35.3. The van der Waals surface area contributed by atoms with Crippen molar-refractivity contribution in [1.29, 1.82) is 0 Å². The topological polar surface area (TPSA) is 72.5 Å². The third kappa shape index (κ3) is 5.43. The maximum absolute atomic E-state index is 12.0. The van der Waals surface area contributed by atoms with Crippen molar-refractivity contribution >= 4 is 29.3 Å². The zero-order chi connectivity index (χ0) is 18.2. The number of carbonyl (C=O) groups excluding carboxylic acids is 3. The van der Waals surface area contributed by atoms with Crippen LogP contribution in [0.3, 0.4) is 0 Å². The van der Waals surface area contributed by atoms with Crippen LogP contribution < -0.4 is 10.1 Å². The number of nitrogens with one attached hydrogen (secondary N) is 1. The Morgan fingerprint density at radius 2 is 1.72 bits per heavy atom. The minimum atomic E-state index is -0.478. The highest BCUT2D eigenvalue weighted by Crippen LogP contribution is 2.15. The van der Waals surface area contributed by atoms with Crippen LogP contribution in [0.4, 0.5) is 0 Å². The largest absolute Gasteiger partial charge is 0.426 e. The van der Waals surface area contributed by atoms with Gasteiger partial charge in [-0.3, -0.25) is 14.4 Å². The molecule has 0 aromatic heterocycles. The van der Waals surface area contributed by atoms with Gasteiger partial charge in [0.15, 0.2) is 5.78 Å². The summed E-state index contributed by atoms with van der Waals surface area (Å²) in [7, 11) is 0. The van der Waals surface area contributed by atoms with E-state index in [4.69, 9.17) is 16.3 Å². The Balaban J connectivity index is 1.80. The van der Waals surface area contributed by atoms with E-state index in [0.717, 1.165) is 0 Å². The lowest BCUT2D eigenvalue weighted by Crippen LogP contribution is -2.27. The molecule has 2 aromatic carbocycles. The minimum absolute atomic E-state index is 0.0197. The van der Waals surface area contributed by atoms with Gasteiger partial charge < -0.3 is 10.1 Å². The van der Waals surface area contributed by atoms with Crippen molar-refractivity contribution in [2.45, 2.75) is 19.8 Å².